The van der Waals surface area contributed by atoms with Gasteiger partial charge in [0.1, 0.15) is 17.9 Å². The number of carbonyl (C=O) groups is 1. The van der Waals surface area contributed by atoms with Gasteiger partial charge in [0.05, 0.1) is 7.11 Å². The lowest BCUT2D eigenvalue weighted by atomic mass is 9.82. The molecule has 1 aromatic rings. The lowest BCUT2D eigenvalue weighted by Crippen LogP contribution is -2.29. The summed E-state index contributed by atoms with van der Waals surface area (Å²) in [6, 6.07) is 6.92. The largest absolute Gasteiger partial charge is 0.497 e. The number of ether oxygens (including phenoxy) is 2. The molecule has 0 saturated heterocycles. The van der Waals surface area contributed by atoms with E-state index in [4.69, 9.17) is 19.2 Å². The van der Waals surface area contributed by atoms with Crippen LogP contribution in [0.3, 0.4) is 0 Å². The van der Waals surface area contributed by atoms with E-state index in [1.165, 1.54) is 32.1 Å². The Bertz CT molecular complexity index is 788. The number of benzene rings is 1. The Morgan fingerprint density at radius 1 is 1.18 bits per heavy atom. The van der Waals surface area contributed by atoms with Gasteiger partial charge >= 0.3 is 5.97 Å². The van der Waals surface area contributed by atoms with Gasteiger partial charge in [-0.2, -0.15) is 4.89 Å². The predicted octanol–water partition coefficient (Wildman–Crippen LogP) is 3.90. The van der Waals surface area contributed by atoms with Crippen LogP contribution < -0.4 is 4.74 Å². The Balaban J connectivity index is 1.68. The van der Waals surface area contributed by atoms with E-state index in [1.807, 2.05) is 0 Å². The zero-order valence-corrected chi connectivity index (χ0v) is 16.1. The summed E-state index contributed by atoms with van der Waals surface area (Å²) in [4.78, 5) is 22.8. The lowest BCUT2D eigenvalue weighted by Gasteiger charge is -2.27. The summed E-state index contributed by atoms with van der Waals surface area (Å²) in [6.07, 6.45) is 9.34. The van der Waals surface area contributed by atoms with Crippen molar-refractivity contribution in [2.75, 3.05) is 13.7 Å². The van der Waals surface area contributed by atoms with Gasteiger partial charge in [-0.15, -0.1) is 0 Å². The third kappa shape index (κ3) is 3.54. The molecular weight excluding hydrogens is 360 g/mol. The number of aliphatic hydroxyl groups is 1. The van der Waals surface area contributed by atoms with Crippen LogP contribution in [0.5, 0.6) is 5.75 Å². The van der Waals surface area contributed by atoms with Crippen molar-refractivity contribution in [1.82, 2.24) is 0 Å². The average molecular weight is 386 g/mol. The highest BCUT2D eigenvalue weighted by molar-refractivity contribution is 5.97. The summed E-state index contributed by atoms with van der Waals surface area (Å²) >= 11 is 0. The molecule has 28 heavy (non-hydrogen) atoms. The minimum Gasteiger partial charge on any atom is -0.497 e. The maximum Gasteiger partial charge on any atom is 0.345 e. The van der Waals surface area contributed by atoms with Crippen LogP contribution in [0, 0.1) is 5.92 Å². The zero-order valence-electron chi connectivity index (χ0n) is 16.1. The van der Waals surface area contributed by atoms with E-state index in [-0.39, 0.29) is 12.2 Å². The van der Waals surface area contributed by atoms with Crippen molar-refractivity contribution in [3.63, 3.8) is 0 Å². The van der Waals surface area contributed by atoms with E-state index in [1.54, 1.807) is 37.5 Å². The molecule has 6 heteroatoms. The zero-order chi connectivity index (χ0) is 19.6. The van der Waals surface area contributed by atoms with Crippen molar-refractivity contribution in [2.24, 2.45) is 5.92 Å². The second-order valence-corrected chi connectivity index (χ2v) is 7.59. The number of cyclic esters (lactones) is 1. The highest BCUT2D eigenvalue weighted by atomic mass is 17.2. The normalized spacial score (nSPS) is 25.5. The maximum atomic E-state index is 12.7. The molecule has 2 aliphatic heterocycles. The first-order valence-electron chi connectivity index (χ1n) is 9.95. The van der Waals surface area contributed by atoms with Crippen molar-refractivity contribution in [1.29, 1.82) is 0 Å². The first-order chi connectivity index (χ1) is 13.6. The minimum absolute atomic E-state index is 0.267. The molecule has 150 valence electrons. The first kappa shape index (κ1) is 19.0. The Labute approximate surface area is 164 Å². The highest BCUT2D eigenvalue weighted by Gasteiger charge is 2.49. The molecule has 1 N–H and O–H groups in total. The number of methoxy groups -OCH3 is 1. The van der Waals surface area contributed by atoms with Gasteiger partial charge in [-0.25, -0.2) is 4.79 Å². The molecule has 0 bridgehead atoms. The van der Waals surface area contributed by atoms with Crippen LogP contribution in [-0.4, -0.2) is 24.8 Å². The summed E-state index contributed by atoms with van der Waals surface area (Å²) in [7, 11) is 1.58. The molecule has 1 aliphatic carbocycles. The van der Waals surface area contributed by atoms with E-state index in [0.29, 0.717) is 35.0 Å². The molecule has 6 nitrogen and oxygen atoms in total. The fraction of sp³-hybridized carbons (Fsp3) is 0.500. The van der Waals surface area contributed by atoms with Gasteiger partial charge in [0, 0.05) is 11.1 Å². The molecule has 1 fully saturated rings. The molecule has 3 aliphatic rings. The second-order valence-electron chi connectivity index (χ2n) is 7.59. The van der Waals surface area contributed by atoms with Crippen LogP contribution in [0.2, 0.25) is 0 Å². The van der Waals surface area contributed by atoms with Crippen LogP contribution in [0.4, 0.5) is 0 Å². The topological polar surface area (TPSA) is 74.2 Å². The number of carbonyl (C=O) groups excluding carboxylic acids is 1. The van der Waals surface area contributed by atoms with Crippen molar-refractivity contribution < 1.29 is 29.1 Å². The lowest BCUT2D eigenvalue weighted by molar-refractivity contribution is -0.231. The van der Waals surface area contributed by atoms with Crippen LogP contribution in [0.15, 0.2) is 47.2 Å². The SMILES string of the molecule is COc1ccc(C2(O)OC(=O)C(C3=CCOO3)=C2CCC2CCCCC2)cc1. The molecule has 4 rings (SSSR count). The minimum atomic E-state index is -1.81. The first-order valence-corrected chi connectivity index (χ1v) is 9.95. The van der Waals surface area contributed by atoms with Gasteiger partial charge in [0.25, 0.3) is 5.79 Å². The van der Waals surface area contributed by atoms with Crippen molar-refractivity contribution in [3.8, 4) is 5.75 Å². The summed E-state index contributed by atoms with van der Waals surface area (Å²) in [5.41, 5.74) is 1.33. The highest BCUT2D eigenvalue weighted by Crippen LogP contribution is 2.46. The van der Waals surface area contributed by atoms with Gasteiger partial charge in [-0.3, -0.25) is 0 Å². The molecule has 2 heterocycles. The number of hydrogen-bond acceptors (Lipinski definition) is 6. The Hall–Kier alpha value is -2.31. The molecule has 1 saturated carbocycles. The third-order valence-corrected chi connectivity index (χ3v) is 5.90. The van der Waals surface area contributed by atoms with Gasteiger partial charge < -0.3 is 19.5 Å². The maximum absolute atomic E-state index is 12.7. The summed E-state index contributed by atoms with van der Waals surface area (Å²) < 4.78 is 10.7. The molecule has 0 spiro atoms. The Kier molecular flexibility index (Phi) is 5.42. The Morgan fingerprint density at radius 3 is 2.57 bits per heavy atom. The Morgan fingerprint density at radius 2 is 1.93 bits per heavy atom. The van der Waals surface area contributed by atoms with Gasteiger partial charge in [0.15, 0.2) is 5.76 Å². The van der Waals surface area contributed by atoms with Gasteiger partial charge in [0.2, 0.25) is 0 Å². The van der Waals surface area contributed by atoms with Crippen molar-refractivity contribution >= 4 is 5.97 Å². The quantitative estimate of drug-likeness (QED) is 0.590. The molecular formula is C22H26O6. The molecule has 0 radical (unpaired) electrons. The number of hydrogen-bond donors (Lipinski definition) is 1. The molecule has 1 aromatic carbocycles. The standard InChI is InChI=1S/C22H26O6/c1-25-17-10-8-16(9-11-17)22(24)18(12-7-15-5-3-2-4-6-15)20(21(23)27-22)19-13-14-26-28-19/h8-11,13,15,24H,2-7,12,14H2,1H3. The average Bonchev–Trinajstić information content (AvgIpc) is 3.33. The monoisotopic (exact) mass is 386 g/mol. The fourth-order valence-electron chi connectivity index (χ4n) is 4.34. The summed E-state index contributed by atoms with van der Waals surface area (Å²) in [6.45, 7) is 0.267. The van der Waals surface area contributed by atoms with Gasteiger partial charge in [-0.1, -0.05) is 32.1 Å². The molecule has 1 unspecified atom stereocenters. The number of esters is 1. The van der Waals surface area contributed by atoms with E-state index >= 15 is 0 Å². The second kappa shape index (κ2) is 7.97. The van der Waals surface area contributed by atoms with Crippen LogP contribution in [0.1, 0.15) is 50.5 Å². The summed E-state index contributed by atoms with van der Waals surface area (Å²) in [5, 5.41) is 11.5. The summed E-state index contributed by atoms with van der Waals surface area (Å²) in [5.74, 6) is -0.796. The van der Waals surface area contributed by atoms with Crippen LogP contribution in [0.25, 0.3) is 0 Å². The molecule has 0 amide bonds. The number of rotatable bonds is 6. The van der Waals surface area contributed by atoms with E-state index in [2.05, 4.69) is 0 Å². The van der Waals surface area contributed by atoms with Crippen LogP contribution >= 0.6 is 0 Å². The van der Waals surface area contributed by atoms with Crippen molar-refractivity contribution in [2.45, 2.75) is 50.7 Å². The van der Waals surface area contributed by atoms with E-state index in [0.717, 1.165) is 6.42 Å². The van der Waals surface area contributed by atoms with Crippen LogP contribution in [-0.2, 0) is 25.1 Å². The van der Waals surface area contributed by atoms with E-state index < -0.39 is 11.8 Å². The fourth-order valence-corrected chi connectivity index (χ4v) is 4.34. The molecule has 0 aromatic heterocycles. The van der Waals surface area contributed by atoms with Crippen molar-refractivity contribution in [3.05, 3.63) is 52.8 Å². The van der Waals surface area contributed by atoms with Gasteiger partial charge in [-0.05, 0) is 49.1 Å². The smallest absolute Gasteiger partial charge is 0.345 e. The van der Waals surface area contributed by atoms with E-state index in [9.17, 15) is 9.90 Å². The predicted molar refractivity (Wildman–Crippen MR) is 101 cm³/mol. The third-order valence-electron chi connectivity index (χ3n) is 5.90. The molecule has 1 atom stereocenters.